The molecule has 0 bridgehead atoms. The van der Waals surface area contributed by atoms with E-state index in [2.05, 4.69) is 40.0 Å². The van der Waals surface area contributed by atoms with Crippen molar-refractivity contribution in [2.75, 3.05) is 0 Å². The largest absolute Gasteiger partial charge is 0.341 e. The van der Waals surface area contributed by atoms with Crippen LogP contribution in [0.5, 0.6) is 0 Å². The molecule has 1 aromatic heterocycles. The SMILES string of the molecule is Cc1cccc([C@H](NC(=O)c2ccc(Cn3ccnc3C)cc2)c2ccccc2)c1. The summed E-state index contributed by atoms with van der Waals surface area (Å²) in [6.45, 7) is 4.79. The highest BCUT2D eigenvalue weighted by Crippen LogP contribution is 2.23. The Hall–Kier alpha value is -3.66. The van der Waals surface area contributed by atoms with Crippen LogP contribution < -0.4 is 5.32 Å². The van der Waals surface area contributed by atoms with Gasteiger partial charge in [0.1, 0.15) is 5.82 Å². The van der Waals surface area contributed by atoms with Crippen LogP contribution in [-0.4, -0.2) is 15.5 Å². The number of amides is 1. The van der Waals surface area contributed by atoms with E-state index in [9.17, 15) is 4.79 Å². The molecule has 0 aliphatic heterocycles. The molecule has 0 saturated heterocycles. The Balaban J connectivity index is 1.54. The lowest BCUT2D eigenvalue weighted by molar-refractivity contribution is 0.0943. The summed E-state index contributed by atoms with van der Waals surface area (Å²) < 4.78 is 2.08. The molecule has 0 spiro atoms. The van der Waals surface area contributed by atoms with Crippen molar-refractivity contribution in [3.8, 4) is 0 Å². The molecule has 0 unspecified atom stereocenters. The summed E-state index contributed by atoms with van der Waals surface area (Å²) in [5.41, 5.74) is 5.08. The predicted octanol–water partition coefficient (Wildman–Crippen LogP) is 5.07. The third-order valence-electron chi connectivity index (χ3n) is 5.28. The number of carbonyl (C=O) groups is 1. The lowest BCUT2D eigenvalue weighted by Gasteiger charge is -2.20. The quantitative estimate of drug-likeness (QED) is 0.496. The summed E-state index contributed by atoms with van der Waals surface area (Å²) in [5.74, 6) is 0.886. The Morgan fingerprint density at radius 1 is 0.933 bits per heavy atom. The number of carbonyl (C=O) groups excluding carboxylic acids is 1. The molecule has 30 heavy (non-hydrogen) atoms. The molecular weight excluding hydrogens is 370 g/mol. The number of nitrogens with one attached hydrogen (secondary N) is 1. The number of aromatic nitrogens is 2. The van der Waals surface area contributed by atoms with E-state index < -0.39 is 0 Å². The molecule has 0 fully saturated rings. The lowest BCUT2D eigenvalue weighted by atomic mass is 9.97. The first-order chi connectivity index (χ1) is 14.6. The van der Waals surface area contributed by atoms with Gasteiger partial charge >= 0.3 is 0 Å². The highest BCUT2D eigenvalue weighted by atomic mass is 16.1. The van der Waals surface area contributed by atoms with Gasteiger partial charge in [-0.3, -0.25) is 4.79 Å². The molecule has 0 aliphatic rings. The fourth-order valence-electron chi connectivity index (χ4n) is 3.60. The first-order valence-electron chi connectivity index (χ1n) is 10.1. The van der Waals surface area contributed by atoms with Crippen molar-refractivity contribution >= 4 is 5.91 Å². The van der Waals surface area contributed by atoms with Gasteiger partial charge < -0.3 is 9.88 Å². The molecule has 1 heterocycles. The summed E-state index contributed by atoms with van der Waals surface area (Å²) in [6, 6.07) is 25.9. The number of imidazole rings is 1. The molecule has 0 aliphatic carbocycles. The van der Waals surface area contributed by atoms with E-state index in [-0.39, 0.29) is 11.9 Å². The first kappa shape index (κ1) is 19.6. The van der Waals surface area contributed by atoms with Gasteiger partial charge in [0.2, 0.25) is 0 Å². The lowest BCUT2D eigenvalue weighted by Crippen LogP contribution is -2.29. The van der Waals surface area contributed by atoms with E-state index in [0.29, 0.717) is 5.56 Å². The normalized spacial score (nSPS) is 11.8. The van der Waals surface area contributed by atoms with Crippen LogP contribution in [0.25, 0.3) is 0 Å². The van der Waals surface area contributed by atoms with E-state index in [0.717, 1.165) is 29.1 Å². The number of hydrogen-bond acceptors (Lipinski definition) is 2. The van der Waals surface area contributed by atoms with Gasteiger partial charge in [-0.05, 0) is 42.7 Å². The van der Waals surface area contributed by atoms with Crippen LogP contribution in [0.15, 0.2) is 91.3 Å². The Morgan fingerprint density at radius 3 is 2.33 bits per heavy atom. The van der Waals surface area contributed by atoms with Crippen molar-refractivity contribution in [1.29, 1.82) is 0 Å². The highest BCUT2D eigenvalue weighted by Gasteiger charge is 2.18. The smallest absolute Gasteiger partial charge is 0.252 e. The maximum atomic E-state index is 13.0. The average molecular weight is 396 g/mol. The molecular formula is C26H25N3O. The number of nitrogens with zero attached hydrogens (tertiary/aromatic N) is 2. The van der Waals surface area contributed by atoms with E-state index in [1.54, 1.807) is 6.20 Å². The van der Waals surface area contributed by atoms with Gasteiger partial charge in [0.05, 0.1) is 6.04 Å². The van der Waals surface area contributed by atoms with Crippen LogP contribution in [0.2, 0.25) is 0 Å². The van der Waals surface area contributed by atoms with Crippen molar-refractivity contribution in [1.82, 2.24) is 14.9 Å². The van der Waals surface area contributed by atoms with Crippen molar-refractivity contribution in [3.05, 3.63) is 125 Å². The third-order valence-corrected chi connectivity index (χ3v) is 5.28. The molecule has 4 rings (SSSR count). The van der Waals surface area contributed by atoms with Gasteiger partial charge in [-0.25, -0.2) is 4.98 Å². The fraction of sp³-hybridized carbons (Fsp3) is 0.154. The maximum absolute atomic E-state index is 13.0. The van der Waals surface area contributed by atoms with Gasteiger partial charge in [-0.2, -0.15) is 0 Å². The average Bonchev–Trinajstić information content (AvgIpc) is 3.17. The Labute approximate surface area is 177 Å². The van der Waals surface area contributed by atoms with E-state index in [1.807, 2.05) is 73.8 Å². The van der Waals surface area contributed by atoms with Crippen molar-refractivity contribution < 1.29 is 4.79 Å². The zero-order valence-electron chi connectivity index (χ0n) is 17.2. The second-order valence-electron chi connectivity index (χ2n) is 7.53. The second kappa shape index (κ2) is 8.78. The molecule has 0 radical (unpaired) electrons. The Kier molecular flexibility index (Phi) is 5.75. The van der Waals surface area contributed by atoms with E-state index >= 15 is 0 Å². The first-order valence-corrected chi connectivity index (χ1v) is 10.1. The minimum Gasteiger partial charge on any atom is -0.341 e. The Bertz CT molecular complexity index is 1130. The molecule has 1 N–H and O–H groups in total. The van der Waals surface area contributed by atoms with Gasteiger partial charge in [-0.1, -0.05) is 72.3 Å². The molecule has 150 valence electrons. The topological polar surface area (TPSA) is 46.9 Å². The Morgan fingerprint density at radius 2 is 1.67 bits per heavy atom. The van der Waals surface area contributed by atoms with Crippen molar-refractivity contribution in [3.63, 3.8) is 0 Å². The van der Waals surface area contributed by atoms with Crippen molar-refractivity contribution in [2.45, 2.75) is 26.4 Å². The molecule has 4 aromatic rings. The zero-order chi connectivity index (χ0) is 20.9. The summed E-state index contributed by atoms with van der Waals surface area (Å²) in [7, 11) is 0. The molecule has 0 saturated carbocycles. The van der Waals surface area contributed by atoms with Crippen LogP contribution in [0.3, 0.4) is 0 Å². The second-order valence-corrected chi connectivity index (χ2v) is 7.53. The molecule has 1 amide bonds. The predicted molar refractivity (Wildman–Crippen MR) is 119 cm³/mol. The van der Waals surface area contributed by atoms with Gasteiger partial charge in [0.25, 0.3) is 5.91 Å². The van der Waals surface area contributed by atoms with Crippen molar-refractivity contribution in [2.24, 2.45) is 0 Å². The molecule has 4 nitrogen and oxygen atoms in total. The number of aryl methyl sites for hydroxylation is 2. The van der Waals surface area contributed by atoms with Crippen LogP contribution >= 0.6 is 0 Å². The van der Waals surface area contributed by atoms with Gasteiger partial charge in [-0.15, -0.1) is 0 Å². The summed E-state index contributed by atoms with van der Waals surface area (Å²) >= 11 is 0. The number of rotatable bonds is 6. The minimum absolute atomic E-state index is 0.0873. The van der Waals surface area contributed by atoms with E-state index in [1.165, 1.54) is 5.56 Å². The highest BCUT2D eigenvalue weighted by molar-refractivity contribution is 5.94. The monoisotopic (exact) mass is 395 g/mol. The molecule has 4 heteroatoms. The molecule has 1 atom stereocenters. The van der Waals surface area contributed by atoms with Crippen LogP contribution in [0.1, 0.15) is 44.5 Å². The maximum Gasteiger partial charge on any atom is 0.252 e. The standard InChI is InChI=1S/C26H25N3O/c1-19-7-6-10-24(17-19)25(22-8-4-3-5-9-22)28-26(30)23-13-11-21(12-14-23)18-29-16-15-27-20(29)2/h3-17,25H,18H2,1-2H3,(H,28,30)/t25-/m1/s1. The molecule has 3 aromatic carbocycles. The minimum atomic E-state index is -0.202. The summed E-state index contributed by atoms with van der Waals surface area (Å²) in [5, 5.41) is 3.21. The third kappa shape index (κ3) is 4.49. The van der Waals surface area contributed by atoms with Crippen LogP contribution in [0, 0.1) is 13.8 Å². The summed E-state index contributed by atoms with van der Waals surface area (Å²) in [6.07, 6.45) is 3.76. The van der Waals surface area contributed by atoms with Crippen LogP contribution in [0.4, 0.5) is 0 Å². The van der Waals surface area contributed by atoms with E-state index in [4.69, 9.17) is 0 Å². The number of hydrogen-bond donors (Lipinski definition) is 1. The summed E-state index contributed by atoms with van der Waals surface area (Å²) in [4.78, 5) is 17.3. The number of benzene rings is 3. The van der Waals surface area contributed by atoms with Gasteiger partial charge in [0, 0.05) is 24.5 Å². The fourth-order valence-corrected chi connectivity index (χ4v) is 3.60. The van der Waals surface area contributed by atoms with Crippen LogP contribution in [-0.2, 0) is 6.54 Å². The zero-order valence-corrected chi connectivity index (χ0v) is 17.2. The van der Waals surface area contributed by atoms with Gasteiger partial charge in [0.15, 0.2) is 0 Å².